The zero-order chi connectivity index (χ0) is 12.3. The number of benzene rings is 1. The summed E-state index contributed by atoms with van der Waals surface area (Å²) in [7, 11) is 0. The van der Waals surface area contributed by atoms with Gasteiger partial charge in [0.1, 0.15) is 0 Å². The van der Waals surface area contributed by atoms with Crippen LogP contribution in [0.3, 0.4) is 0 Å². The van der Waals surface area contributed by atoms with Gasteiger partial charge in [0.15, 0.2) is 0 Å². The molecule has 17 heavy (non-hydrogen) atoms. The molecule has 0 radical (unpaired) electrons. The number of carboxylic acid groups (broad SMARTS) is 1. The lowest BCUT2D eigenvalue weighted by Gasteiger charge is -2.05. The Morgan fingerprint density at radius 3 is 2.59 bits per heavy atom. The van der Waals surface area contributed by atoms with Crippen molar-refractivity contribution in [3.05, 3.63) is 48.2 Å². The molecule has 0 saturated heterocycles. The molecule has 1 aromatic carbocycles. The molecule has 0 unspecified atom stereocenters. The van der Waals surface area contributed by atoms with E-state index < -0.39 is 5.97 Å². The Morgan fingerprint density at radius 1 is 1.29 bits per heavy atom. The van der Waals surface area contributed by atoms with Crippen LogP contribution in [0.15, 0.2) is 42.6 Å². The zero-order valence-corrected chi connectivity index (χ0v) is 9.13. The highest BCUT2D eigenvalue weighted by molar-refractivity contribution is 5.74. The summed E-state index contributed by atoms with van der Waals surface area (Å²) < 4.78 is 0. The first-order valence-electron chi connectivity index (χ1n) is 5.18. The van der Waals surface area contributed by atoms with Crippen molar-refractivity contribution in [2.75, 3.05) is 5.73 Å². The van der Waals surface area contributed by atoms with Gasteiger partial charge < -0.3 is 10.8 Å². The van der Waals surface area contributed by atoms with Crippen LogP contribution in [0.4, 0.5) is 5.69 Å². The van der Waals surface area contributed by atoms with Gasteiger partial charge in [-0.05, 0) is 6.07 Å². The number of anilines is 1. The van der Waals surface area contributed by atoms with Gasteiger partial charge in [-0.25, -0.2) is 0 Å². The second-order valence-electron chi connectivity index (χ2n) is 3.70. The predicted octanol–water partition coefficient (Wildman–Crippen LogP) is 1.96. The van der Waals surface area contributed by atoms with Crippen molar-refractivity contribution in [2.24, 2.45) is 0 Å². The van der Waals surface area contributed by atoms with Gasteiger partial charge in [0.05, 0.1) is 12.1 Å². The zero-order valence-electron chi connectivity index (χ0n) is 9.13. The van der Waals surface area contributed by atoms with E-state index in [0.717, 1.165) is 11.3 Å². The maximum absolute atomic E-state index is 10.6. The number of carboxylic acids is 1. The quantitative estimate of drug-likeness (QED) is 0.841. The highest BCUT2D eigenvalue weighted by Gasteiger charge is 2.07. The van der Waals surface area contributed by atoms with Gasteiger partial charge in [-0.1, -0.05) is 30.3 Å². The standard InChI is InChI=1S/C13H12N2O2/c14-11-7-12(9-4-2-1-3-5-9)15-8-10(11)6-13(16)17/h1-5,7-8H,6H2,(H2,14,15)(H,16,17). The Hall–Kier alpha value is -2.36. The van der Waals surface area contributed by atoms with Crippen LogP contribution in [0, 0.1) is 0 Å². The Labute approximate surface area is 98.7 Å². The second kappa shape index (κ2) is 4.65. The van der Waals surface area contributed by atoms with Crippen molar-refractivity contribution < 1.29 is 9.90 Å². The number of pyridine rings is 1. The number of carbonyl (C=O) groups is 1. The van der Waals surface area contributed by atoms with E-state index in [1.54, 1.807) is 6.07 Å². The molecule has 4 heteroatoms. The topological polar surface area (TPSA) is 76.2 Å². The third kappa shape index (κ3) is 2.60. The number of nitrogen functional groups attached to an aromatic ring is 1. The molecule has 0 spiro atoms. The molecule has 4 nitrogen and oxygen atoms in total. The van der Waals surface area contributed by atoms with Gasteiger partial charge in [0, 0.05) is 23.0 Å². The van der Waals surface area contributed by atoms with Gasteiger partial charge >= 0.3 is 5.97 Å². The lowest BCUT2D eigenvalue weighted by atomic mass is 10.1. The largest absolute Gasteiger partial charge is 0.481 e. The van der Waals surface area contributed by atoms with Crippen molar-refractivity contribution in [3.63, 3.8) is 0 Å². The van der Waals surface area contributed by atoms with Gasteiger partial charge in [-0.2, -0.15) is 0 Å². The van der Waals surface area contributed by atoms with E-state index in [2.05, 4.69) is 4.98 Å². The Morgan fingerprint density at radius 2 is 2.00 bits per heavy atom. The fourth-order valence-electron chi connectivity index (χ4n) is 1.58. The normalized spacial score (nSPS) is 10.1. The fraction of sp³-hybridized carbons (Fsp3) is 0.0769. The van der Waals surface area contributed by atoms with Crippen molar-refractivity contribution in [2.45, 2.75) is 6.42 Å². The molecule has 2 aromatic rings. The lowest BCUT2D eigenvalue weighted by molar-refractivity contribution is -0.136. The highest BCUT2D eigenvalue weighted by atomic mass is 16.4. The average Bonchev–Trinajstić information content (AvgIpc) is 2.32. The van der Waals surface area contributed by atoms with Crippen LogP contribution in [-0.2, 0) is 11.2 Å². The summed E-state index contributed by atoms with van der Waals surface area (Å²) in [6.45, 7) is 0. The molecule has 3 N–H and O–H groups in total. The Bertz CT molecular complexity index is 538. The minimum absolute atomic E-state index is 0.103. The monoisotopic (exact) mass is 228 g/mol. The molecule has 0 atom stereocenters. The number of aliphatic carboxylic acids is 1. The minimum Gasteiger partial charge on any atom is -0.481 e. The van der Waals surface area contributed by atoms with E-state index in [1.165, 1.54) is 6.20 Å². The first-order valence-corrected chi connectivity index (χ1v) is 5.18. The Kier molecular flexibility index (Phi) is 3.05. The Balaban J connectivity index is 2.34. The van der Waals surface area contributed by atoms with Gasteiger partial charge in [-0.15, -0.1) is 0 Å². The maximum Gasteiger partial charge on any atom is 0.307 e. The molecular formula is C13H12N2O2. The molecule has 2 rings (SSSR count). The first kappa shape index (κ1) is 11.1. The molecule has 0 bridgehead atoms. The van der Waals surface area contributed by atoms with Gasteiger partial charge in [0.2, 0.25) is 0 Å². The summed E-state index contributed by atoms with van der Waals surface area (Å²) in [4.78, 5) is 14.8. The van der Waals surface area contributed by atoms with Crippen molar-refractivity contribution in [1.82, 2.24) is 4.98 Å². The molecule has 86 valence electrons. The van der Waals surface area contributed by atoms with Crippen molar-refractivity contribution >= 4 is 11.7 Å². The first-order chi connectivity index (χ1) is 8.16. The molecule has 1 aromatic heterocycles. The second-order valence-corrected chi connectivity index (χ2v) is 3.70. The lowest BCUT2D eigenvalue weighted by Crippen LogP contribution is -2.04. The SMILES string of the molecule is Nc1cc(-c2ccccc2)ncc1CC(=O)O. The van der Waals surface area contributed by atoms with E-state index >= 15 is 0 Å². The number of nitrogens with zero attached hydrogens (tertiary/aromatic N) is 1. The third-order valence-electron chi connectivity index (χ3n) is 2.43. The van der Waals surface area contributed by atoms with Crippen LogP contribution in [0.5, 0.6) is 0 Å². The molecule has 0 aliphatic rings. The highest BCUT2D eigenvalue weighted by Crippen LogP contribution is 2.21. The molecule has 0 amide bonds. The molecule has 0 fully saturated rings. The van der Waals surface area contributed by atoms with E-state index in [-0.39, 0.29) is 6.42 Å². The number of nitrogens with two attached hydrogens (primary N) is 1. The number of hydrogen-bond acceptors (Lipinski definition) is 3. The summed E-state index contributed by atoms with van der Waals surface area (Å²) in [6, 6.07) is 11.3. The van der Waals surface area contributed by atoms with Gasteiger partial charge in [0.25, 0.3) is 0 Å². The van der Waals surface area contributed by atoms with Crippen LogP contribution in [0.2, 0.25) is 0 Å². The van der Waals surface area contributed by atoms with Crippen LogP contribution >= 0.6 is 0 Å². The van der Waals surface area contributed by atoms with E-state index in [9.17, 15) is 4.79 Å². The van der Waals surface area contributed by atoms with Crippen molar-refractivity contribution in [1.29, 1.82) is 0 Å². The van der Waals surface area contributed by atoms with Crippen LogP contribution in [-0.4, -0.2) is 16.1 Å². The molecular weight excluding hydrogens is 216 g/mol. The van der Waals surface area contributed by atoms with Crippen molar-refractivity contribution in [3.8, 4) is 11.3 Å². The molecule has 0 saturated carbocycles. The fourth-order valence-corrected chi connectivity index (χ4v) is 1.58. The summed E-state index contributed by atoms with van der Waals surface area (Å²) in [5, 5.41) is 8.69. The van der Waals surface area contributed by atoms with E-state index in [4.69, 9.17) is 10.8 Å². The molecule has 1 heterocycles. The maximum atomic E-state index is 10.6. The predicted molar refractivity (Wildman–Crippen MR) is 65.4 cm³/mol. The number of aromatic nitrogens is 1. The minimum atomic E-state index is -0.911. The number of rotatable bonds is 3. The van der Waals surface area contributed by atoms with E-state index in [1.807, 2.05) is 30.3 Å². The van der Waals surface area contributed by atoms with Crippen LogP contribution in [0.25, 0.3) is 11.3 Å². The summed E-state index contributed by atoms with van der Waals surface area (Å²) in [6.07, 6.45) is 1.42. The summed E-state index contributed by atoms with van der Waals surface area (Å²) in [5.74, 6) is -0.911. The van der Waals surface area contributed by atoms with Gasteiger partial charge in [-0.3, -0.25) is 9.78 Å². The van der Waals surface area contributed by atoms with E-state index in [0.29, 0.717) is 11.3 Å². The van der Waals surface area contributed by atoms with Crippen LogP contribution < -0.4 is 5.73 Å². The molecule has 0 aliphatic heterocycles. The third-order valence-corrected chi connectivity index (χ3v) is 2.43. The smallest absolute Gasteiger partial charge is 0.307 e. The summed E-state index contributed by atoms with van der Waals surface area (Å²) >= 11 is 0. The number of hydrogen-bond donors (Lipinski definition) is 2. The average molecular weight is 228 g/mol. The summed E-state index contributed by atoms with van der Waals surface area (Å²) in [5.41, 5.74) is 8.51. The molecule has 0 aliphatic carbocycles. The van der Waals surface area contributed by atoms with Crippen LogP contribution in [0.1, 0.15) is 5.56 Å².